The molecule has 0 saturated carbocycles. The second-order valence-electron chi connectivity index (χ2n) is 4.44. The molecule has 4 nitrogen and oxygen atoms in total. The second-order valence-corrected chi connectivity index (χ2v) is 4.88. The average Bonchev–Trinajstić information content (AvgIpc) is 2.92. The molecule has 5 heteroatoms. The topological polar surface area (TPSA) is 46.9 Å². The molecule has 0 saturated heterocycles. The molecule has 19 heavy (non-hydrogen) atoms. The van der Waals surface area contributed by atoms with Gasteiger partial charge in [-0.2, -0.15) is 5.10 Å². The summed E-state index contributed by atoms with van der Waals surface area (Å²) in [7, 11) is 0. The molecule has 1 atom stereocenters. The van der Waals surface area contributed by atoms with Crippen molar-refractivity contribution in [3.8, 4) is 0 Å². The Morgan fingerprint density at radius 3 is 2.79 bits per heavy atom. The molecule has 1 aromatic carbocycles. The molecule has 1 N–H and O–H groups in total. The van der Waals surface area contributed by atoms with Crippen LogP contribution in [0.25, 0.3) is 0 Å². The van der Waals surface area contributed by atoms with Crippen molar-refractivity contribution < 1.29 is 4.79 Å². The van der Waals surface area contributed by atoms with Gasteiger partial charge in [0, 0.05) is 30.4 Å². The number of carbonyl (C=O) groups excluding carboxylic acids is 1. The van der Waals surface area contributed by atoms with E-state index in [2.05, 4.69) is 10.4 Å². The molecule has 1 aromatic heterocycles. The van der Waals surface area contributed by atoms with Gasteiger partial charge in [-0.15, -0.1) is 0 Å². The van der Waals surface area contributed by atoms with Gasteiger partial charge >= 0.3 is 0 Å². The van der Waals surface area contributed by atoms with Crippen LogP contribution in [-0.4, -0.2) is 15.7 Å². The van der Waals surface area contributed by atoms with Gasteiger partial charge in [0.1, 0.15) is 0 Å². The maximum atomic E-state index is 11.8. The van der Waals surface area contributed by atoms with Crippen LogP contribution in [0.5, 0.6) is 0 Å². The minimum atomic E-state index is 0.0120. The molecule has 2 aromatic rings. The van der Waals surface area contributed by atoms with Gasteiger partial charge < -0.3 is 5.32 Å². The molecular formula is C14H16ClN3O. The lowest BCUT2D eigenvalue weighted by atomic mass is 10.2. The molecule has 0 radical (unpaired) electrons. The normalized spacial score (nSPS) is 12.1. The van der Waals surface area contributed by atoms with E-state index in [4.69, 9.17) is 11.6 Å². The Kier molecular flexibility index (Phi) is 4.58. The maximum absolute atomic E-state index is 11.8. The molecule has 100 valence electrons. The van der Waals surface area contributed by atoms with E-state index in [0.29, 0.717) is 18.0 Å². The summed E-state index contributed by atoms with van der Waals surface area (Å²) in [6.07, 6.45) is 3.98. The van der Waals surface area contributed by atoms with Crippen molar-refractivity contribution in [3.63, 3.8) is 0 Å². The molecule has 0 aliphatic carbocycles. The van der Waals surface area contributed by atoms with Gasteiger partial charge in [0.05, 0.1) is 6.04 Å². The van der Waals surface area contributed by atoms with E-state index in [9.17, 15) is 4.79 Å². The fourth-order valence-electron chi connectivity index (χ4n) is 1.78. The van der Waals surface area contributed by atoms with Crippen LogP contribution in [0.1, 0.15) is 24.9 Å². The first-order valence-electron chi connectivity index (χ1n) is 6.15. The monoisotopic (exact) mass is 277 g/mol. The summed E-state index contributed by atoms with van der Waals surface area (Å²) < 4.78 is 1.78. The largest absolute Gasteiger partial charge is 0.352 e. The van der Waals surface area contributed by atoms with Crippen molar-refractivity contribution in [1.29, 1.82) is 0 Å². The van der Waals surface area contributed by atoms with E-state index in [1.165, 1.54) is 0 Å². The van der Waals surface area contributed by atoms with Crippen LogP contribution in [0.2, 0.25) is 5.02 Å². The Morgan fingerprint density at radius 1 is 1.42 bits per heavy atom. The highest BCUT2D eigenvalue weighted by Gasteiger charge is 2.10. The van der Waals surface area contributed by atoms with E-state index in [-0.39, 0.29) is 11.9 Å². The van der Waals surface area contributed by atoms with Gasteiger partial charge in [-0.05, 0) is 30.7 Å². The Morgan fingerprint density at radius 2 is 2.16 bits per heavy atom. The SMILES string of the molecule is C[C@H](CC(=O)NCc1ccc(Cl)cc1)n1cccn1. The number of nitrogens with one attached hydrogen (secondary N) is 1. The van der Waals surface area contributed by atoms with E-state index >= 15 is 0 Å². The van der Waals surface area contributed by atoms with Crippen LogP contribution in [-0.2, 0) is 11.3 Å². The van der Waals surface area contributed by atoms with Crippen molar-refractivity contribution in [2.75, 3.05) is 0 Å². The first-order valence-corrected chi connectivity index (χ1v) is 6.53. The minimum Gasteiger partial charge on any atom is -0.352 e. The number of hydrogen-bond acceptors (Lipinski definition) is 2. The third-order valence-electron chi connectivity index (χ3n) is 2.86. The van der Waals surface area contributed by atoms with Gasteiger partial charge in [-0.1, -0.05) is 23.7 Å². The molecule has 1 amide bonds. The van der Waals surface area contributed by atoms with E-state index in [0.717, 1.165) is 5.56 Å². The molecule has 1 heterocycles. The fourth-order valence-corrected chi connectivity index (χ4v) is 1.90. The minimum absolute atomic E-state index is 0.0120. The number of aromatic nitrogens is 2. The predicted octanol–water partition coefficient (Wildman–Crippen LogP) is 2.80. The zero-order chi connectivity index (χ0) is 13.7. The molecule has 0 aliphatic rings. The van der Waals surface area contributed by atoms with Gasteiger partial charge in [-0.3, -0.25) is 9.48 Å². The number of halogens is 1. The van der Waals surface area contributed by atoms with Crippen molar-refractivity contribution in [2.24, 2.45) is 0 Å². The average molecular weight is 278 g/mol. The standard InChI is InChI=1S/C14H16ClN3O/c1-11(18-8-2-7-17-18)9-14(19)16-10-12-3-5-13(15)6-4-12/h2-8,11H,9-10H2,1H3,(H,16,19)/t11-/m1/s1. The van der Waals surface area contributed by atoms with E-state index < -0.39 is 0 Å². The van der Waals surface area contributed by atoms with Gasteiger partial charge in [0.2, 0.25) is 5.91 Å². The first kappa shape index (κ1) is 13.6. The lowest BCUT2D eigenvalue weighted by molar-refractivity contribution is -0.122. The van der Waals surface area contributed by atoms with E-state index in [1.807, 2.05) is 43.5 Å². The van der Waals surface area contributed by atoms with Crippen molar-refractivity contribution in [2.45, 2.75) is 25.9 Å². The van der Waals surface area contributed by atoms with Crippen molar-refractivity contribution in [3.05, 3.63) is 53.3 Å². The quantitative estimate of drug-likeness (QED) is 0.913. The molecule has 0 aliphatic heterocycles. The second kappa shape index (κ2) is 6.38. The highest BCUT2D eigenvalue weighted by Crippen LogP contribution is 2.10. The number of nitrogens with zero attached hydrogens (tertiary/aromatic N) is 2. The van der Waals surface area contributed by atoms with Crippen LogP contribution in [0, 0.1) is 0 Å². The Balaban J connectivity index is 1.80. The van der Waals surface area contributed by atoms with Crippen LogP contribution in [0.4, 0.5) is 0 Å². The molecular weight excluding hydrogens is 262 g/mol. The Bertz CT molecular complexity index is 522. The maximum Gasteiger partial charge on any atom is 0.222 e. The zero-order valence-electron chi connectivity index (χ0n) is 10.7. The van der Waals surface area contributed by atoms with Crippen LogP contribution in [0.3, 0.4) is 0 Å². The molecule has 0 unspecified atom stereocenters. The van der Waals surface area contributed by atoms with Gasteiger partial charge in [-0.25, -0.2) is 0 Å². The summed E-state index contributed by atoms with van der Waals surface area (Å²) in [5.74, 6) is 0.0120. The highest BCUT2D eigenvalue weighted by molar-refractivity contribution is 6.30. The van der Waals surface area contributed by atoms with Crippen LogP contribution < -0.4 is 5.32 Å². The van der Waals surface area contributed by atoms with Crippen molar-refractivity contribution >= 4 is 17.5 Å². The third kappa shape index (κ3) is 4.10. The zero-order valence-corrected chi connectivity index (χ0v) is 11.5. The highest BCUT2D eigenvalue weighted by atomic mass is 35.5. The summed E-state index contributed by atoms with van der Waals surface area (Å²) in [4.78, 5) is 11.8. The number of benzene rings is 1. The van der Waals surface area contributed by atoms with Crippen LogP contribution in [0.15, 0.2) is 42.7 Å². The molecule has 0 spiro atoms. The summed E-state index contributed by atoms with van der Waals surface area (Å²) in [5.41, 5.74) is 1.03. The van der Waals surface area contributed by atoms with E-state index in [1.54, 1.807) is 10.9 Å². The predicted molar refractivity (Wildman–Crippen MR) is 74.9 cm³/mol. The summed E-state index contributed by atoms with van der Waals surface area (Å²) in [6.45, 7) is 2.48. The summed E-state index contributed by atoms with van der Waals surface area (Å²) >= 11 is 5.80. The number of amides is 1. The summed E-state index contributed by atoms with van der Waals surface area (Å²) in [5, 5.41) is 7.70. The smallest absolute Gasteiger partial charge is 0.222 e. The number of carbonyl (C=O) groups is 1. The fraction of sp³-hybridized carbons (Fsp3) is 0.286. The van der Waals surface area contributed by atoms with Gasteiger partial charge in [0.25, 0.3) is 0 Å². The Hall–Kier alpha value is -1.81. The Labute approximate surface area is 117 Å². The van der Waals surface area contributed by atoms with Gasteiger partial charge in [0.15, 0.2) is 0 Å². The number of rotatable bonds is 5. The molecule has 0 fully saturated rings. The molecule has 0 bridgehead atoms. The molecule has 2 rings (SSSR count). The lowest BCUT2D eigenvalue weighted by Gasteiger charge is -2.12. The summed E-state index contributed by atoms with van der Waals surface area (Å²) in [6, 6.07) is 9.34. The van der Waals surface area contributed by atoms with Crippen LogP contribution >= 0.6 is 11.6 Å². The lowest BCUT2D eigenvalue weighted by Crippen LogP contribution is -2.25. The van der Waals surface area contributed by atoms with Crippen molar-refractivity contribution in [1.82, 2.24) is 15.1 Å². The number of hydrogen-bond donors (Lipinski definition) is 1. The first-order chi connectivity index (χ1) is 9.15. The third-order valence-corrected chi connectivity index (χ3v) is 3.11.